The zero-order valence-electron chi connectivity index (χ0n) is 8.86. The third kappa shape index (κ3) is 2.89. The molecular weight excluding hydrogens is 230 g/mol. The van der Waals surface area contributed by atoms with E-state index in [0.29, 0.717) is 10.6 Å². The summed E-state index contributed by atoms with van der Waals surface area (Å²) in [4.78, 5) is 1.25. The minimum atomic E-state index is -3.14. The topological polar surface area (TPSA) is 60.2 Å². The Morgan fingerprint density at radius 3 is 2.47 bits per heavy atom. The van der Waals surface area contributed by atoms with E-state index in [-0.39, 0.29) is 5.75 Å². The quantitative estimate of drug-likeness (QED) is 0.652. The van der Waals surface area contributed by atoms with Crippen LogP contribution < -0.4 is 5.73 Å². The lowest BCUT2D eigenvalue weighted by atomic mass is 10.3. The summed E-state index contributed by atoms with van der Waals surface area (Å²) in [6, 6.07) is 4.93. The molecule has 5 heteroatoms. The first-order valence-corrected chi connectivity index (χ1v) is 7.40. The van der Waals surface area contributed by atoms with Crippen molar-refractivity contribution in [3.63, 3.8) is 0 Å². The van der Waals surface area contributed by atoms with E-state index in [2.05, 4.69) is 0 Å². The van der Waals surface area contributed by atoms with E-state index in [1.165, 1.54) is 6.07 Å². The van der Waals surface area contributed by atoms with Gasteiger partial charge in [0.1, 0.15) is 0 Å². The van der Waals surface area contributed by atoms with E-state index < -0.39 is 9.84 Å². The fourth-order valence-corrected chi connectivity index (χ4v) is 2.79. The largest absolute Gasteiger partial charge is 0.398 e. The van der Waals surface area contributed by atoms with Crippen molar-refractivity contribution < 1.29 is 8.42 Å². The van der Waals surface area contributed by atoms with Crippen LogP contribution in [0.5, 0.6) is 0 Å². The second-order valence-corrected chi connectivity index (χ2v) is 6.62. The Hall–Kier alpha value is -0.680. The van der Waals surface area contributed by atoms with Gasteiger partial charge in [0, 0.05) is 10.6 Å². The Morgan fingerprint density at radius 2 is 2.00 bits per heavy atom. The Morgan fingerprint density at radius 1 is 1.33 bits per heavy atom. The molecule has 0 saturated carbocycles. The predicted octanol–water partition coefficient (Wildman–Crippen LogP) is 2.17. The Kier molecular flexibility index (Phi) is 4.04. The van der Waals surface area contributed by atoms with Gasteiger partial charge in [-0.1, -0.05) is 13.8 Å². The van der Waals surface area contributed by atoms with Gasteiger partial charge in [0.15, 0.2) is 9.84 Å². The molecule has 84 valence electrons. The van der Waals surface area contributed by atoms with Crippen LogP contribution in [0.4, 0.5) is 5.69 Å². The molecule has 0 radical (unpaired) electrons. The van der Waals surface area contributed by atoms with Gasteiger partial charge in [-0.3, -0.25) is 0 Å². The number of hydrogen-bond acceptors (Lipinski definition) is 4. The van der Waals surface area contributed by atoms with Gasteiger partial charge in [-0.15, -0.1) is 11.8 Å². The lowest BCUT2D eigenvalue weighted by Crippen LogP contribution is -2.04. The standard InChI is InChI=1S/C10H15NO2S2/c1-3-14-10-6-5-8(7-9(10)11)15(12,13)4-2/h5-7H,3-4,11H2,1-2H3. The SMILES string of the molecule is CCSc1ccc(S(=O)(=O)CC)cc1N. The predicted molar refractivity (Wildman–Crippen MR) is 65.0 cm³/mol. The molecule has 0 spiro atoms. The number of thioether (sulfide) groups is 1. The number of rotatable bonds is 4. The number of anilines is 1. The van der Waals surface area contributed by atoms with Crippen molar-refractivity contribution in [2.24, 2.45) is 0 Å². The zero-order valence-corrected chi connectivity index (χ0v) is 10.5. The highest BCUT2D eigenvalue weighted by molar-refractivity contribution is 7.99. The maximum absolute atomic E-state index is 11.6. The molecule has 0 aliphatic heterocycles. The average molecular weight is 245 g/mol. The normalized spacial score (nSPS) is 11.6. The molecule has 3 nitrogen and oxygen atoms in total. The molecule has 2 N–H and O–H groups in total. The molecule has 0 unspecified atom stereocenters. The van der Waals surface area contributed by atoms with Gasteiger partial charge in [0.2, 0.25) is 0 Å². The average Bonchev–Trinajstić information content (AvgIpc) is 2.21. The van der Waals surface area contributed by atoms with Crippen LogP contribution in [0.25, 0.3) is 0 Å². The number of nitrogens with two attached hydrogens (primary N) is 1. The molecule has 0 aliphatic rings. The van der Waals surface area contributed by atoms with E-state index in [0.717, 1.165) is 10.6 Å². The summed E-state index contributed by atoms with van der Waals surface area (Å²) in [6.45, 7) is 3.65. The lowest BCUT2D eigenvalue weighted by Gasteiger charge is -2.06. The van der Waals surface area contributed by atoms with Crippen LogP contribution in [0.15, 0.2) is 28.0 Å². The van der Waals surface area contributed by atoms with E-state index in [4.69, 9.17) is 5.73 Å². The molecule has 15 heavy (non-hydrogen) atoms. The van der Waals surface area contributed by atoms with Crippen LogP contribution >= 0.6 is 11.8 Å². The summed E-state index contributed by atoms with van der Waals surface area (Å²) < 4.78 is 23.1. The third-order valence-electron chi connectivity index (χ3n) is 2.02. The molecule has 0 bridgehead atoms. The highest BCUT2D eigenvalue weighted by Gasteiger charge is 2.12. The van der Waals surface area contributed by atoms with Crippen molar-refractivity contribution in [1.29, 1.82) is 0 Å². The first kappa shape index (κ1) is 12.4. The Bertz CT molecular complexity index is 441. The van der Waals surface area contributed by atoms with Crippen molar-refractivity contribution in [2.45, 2.75) is 23.6 Å². The van der Waals surface area contributed by atoms with Crippen LogP contribution in [-0.4, -0.2) is 19.9 Å². The van der Waals surface area contributed by atoms with E-state index in [1.807, 2.05) is 6.92 Å². The summed E-state index contributed by atoms with van der Waals surface area (Å²) in [7, 11) is -3.14. The summed E-state index contributed by atoms with van der Waals surface area (Å²) in [5.41, 5.74) is 6.31. The first-order valence-electron chi connectivity index (χ1n) is 4.76. The smallest absolute Gasteiger partial charge is 0.178 e. The highest BCUT2D eigenvalue weighted by atomic mass is 32.2. The van der Waals surface area contributed by atoms with E-state index >= 15 is 0 Å². The second-order valence-electron chi connectivity index (χ2n) is 3.04. The van der Waals surface area contributed by atoms with Gasteiger partial charge in [-0.25, -0.2) is 8.42 Å². The maximum atomic E-state index is 11.6. The molecule has 0 amide bonds. The Balaban J connectivity index is 3.12. The number of benzene rings is 1. The zero-order chi connectivity index (χ0) is 11.5. The molecule has 0 saturated heterocycles. The van der Waals surface area contributed by atoms with Gasteiger partial charge < -0.3 is 5.73 Å². The first-order chi connectivity index (χ1) is 7.01. The van der Waals surface area contributed by atoms with Crippen LogP contribution in [0, 0.1) is 0 Å². The Labute approximate surface area is 95.0 Å². The molecule has 0 heterocycles. The fourth-order valence-electron chi connectivity index (χ4n) is 1.17. The molecule has 1 aromatic carbocycles. The molecular formula is C10H15NO2S2. The van der Waals surface area contributed by atoms with Crippen molar-refractivity contribution in [3.8, 4) is 0 Å². The summed E-state index contributed by atoms with van der Waals surface area (Å²) in [5.74, 6) is 1.02. The molecule has 1 aromatic rings. The summed E-state index contributed by atoms with van der Waals surface area (Å²) in [5, 5.41) is 0. The lowest BCUT2D eigenvalue weighted by molar-refractivity contribution is 0.597. The van der Waals surface area contributed by atoms with Crippen LogP contribution in [-0.2, 0) is 9.84 Å². The van der Waals surface area contributed by atoms with E-state index in [9.17, 15) is 8.42 Å². The number of hydrogen-bond donors (Lipinski definition) is 1. The van der Waals surface area contributed by atoms with Crippen molar-refractivity contribution in [1.82, 2.24) is 0 Å². The number of nitrogen functional groups attached to an aromatic ring is 1. The second kappa shape index (κ2) is 4.90. The minimum absolute atomic E-state index is 0.104. The van der Waals surface area contributed by atoms with Gasteiger partial charge in [0.25, 0.3) is 0 Å². The van der Waals surface area contributed by atoms with Gasteiger partial charge in [-0.05, 0) is 24.0 Å². The highest BCUT2D eigenvalue weighted by Crippen LogP contribution is 2.27. The minimum Gasteiger partial charge on any atom is -0.398 e. The fraction of sp³-hybridized carbons (Fsp3) is 0.400. The van der Waals surface area contributed by atoms with Crippen molar-refractivity contribution >= 4 is 27.3 Å². The van der Waals surface area contributed by atoms with Crippen molar-refractivity contribution in [3.05, 3.63) is 18.2 Å². The van der Waals surface area contributed by atoms with Crippen LogP contribution in [0.1, 0.15) is 13.8 Å². The molecule has 0 fully saturated rings. The monoisotopic (exact) mass is 245 g/mol. The van der Waals surface area contributed by atoms with Gasteiger partial charge >= 0.3 is 0 Å². The van der Waals surface area contributed by atoms with Gasteiger partial charge in [0.05, 0.1) is 10.6 Å². The summed E-state index contributed by atoms with van der Waals surface area (Å²) in [6.07, 6.45) is 0. The van der Waals surface area contributed by atoms with Crippen LogP contribution in [0.3, 0.4) is 0 Å². The van der Waals surface area contributed by atoms with Gasteiger partial charge in [-0.2, -0.15) is 0 Å². The molecule has 1 rings (SSSR count). The maximum Gasteiger partial charge on any atom is 0.178 e. The number of sulfone groups is 1. The summed E-state index contributed by atoms with van der Waals surface area (Å²) >= 11 is 1.61. The van der Waals surface area contributed by atoms with E-state index in [1.54, 1.807) is 30.8 Å². The van der Waals surface area contributed by atoms with Crippen LogP contribution in [0.2, 0.25) is 0 Å². The molecule has 0 aliphatic carbocycles. The third-order valence-corrected chi connectivity index (χ3v) is 4.72. The molecule has 0 atom stereocenters. The molecule has 0 aromatic heterocycles. The van der Waals surface area contributed by atoms with Crippen molar-refractivity contribution in [2.75, 3.05) is 17.2 Å².